The third-order valence-corrected chi connectivity index (χ3v) is 1.60. The number of rotatable bonds is 2. The van der Waals surface area contributed by atoms with Crippen molar-refractivity contribution in [2.24, 2.45) is 0 Å². The van der Waals surface area contributed by atoms with Gasteiger partial charge in [-0.05, 0) is 18.2 Å². The van der Waals surface area contributed by atoms with Crippen molar-refractivity contribution in [2.45, 2.75) is 6.42 Å². The molecule has 4 heteroatoms. The van der Waals surface area contributed by atoms with E-state index in [1.807, 2.05) is 0 Å². The lowest BCUT2D eigenvalue weighted by atomic mass is 10.1. The van der Waals surface area contributed by atoms with Crippen LogP contribution in [0.1, 0.15) is 22.3 Å². The van der Waals surface area contributed by atoms with E-state index in [-0.39, 0.29) is 12.0 Å². The molecule has 0 aromatic heterocycles. The van der Waals surface area contributed by atoms with Gasteiger partial charge in [-0.15, -0.1) is 0 Å². The third-order valence-electron chi connectivity index (χ3n) is 1.60. The van der Waals surface area contributed by atoms with Crippen LogP contribution in [-0.2, 0) is 4.79 Å². The molecule has 0 atom stereocenters. The maximum atomic E-state index is 12.8. The Morgan fingerprint density at radius 1 is 1.53 bits per heavy atom. The summed E-state index contributed by atoms with van der Waals surface area (Å²) in [6.45, 7) is 0. The molecule has 1 aromatic carbocycles. The first-order valence-corrected chi connectivity index (χ1v) is 4.09. The van der Waals surface area contributed by atoms with E-state index in [9.17, 15) is 14.0 Å². The van der Waals surface area contributed by atoms with Crippen LogP contribution in [-0.4, -0.2) is 17.4 Å². The molecule has 76 valence electrons. The fourth-order valence-electron chi connectivity index (χ4n) is 0.934. The van der Waals surface area contributed by atoms with Gasteiger partial charge < -0.3 is 5.11 Å². The molecule has 1 rings (SSSR count). The first kappa shape index (κ1) is 10.9. The summed E-state index contributed by atoms with van der Waals surface area (Å²) in [6, 6.07) is 3.78. The Hall–Kier alpha value is -2.15. The first-order valence-electron chi connectivity index (χ1n) is 4.09. The van der Waals surface area contributed by atoms with Crippen LogP contribution in [0.2, 0.25) is 0 Å². The number of carboxylic acid groups (broad SMARTS) is 1. The van der Waals surface area contributed by atoms with Gasteiger partial charge in [-0.3, -0.25) is 9.59 Å². The fourth-order valence-corrected chi connectivity index (χ4v) is 0.934. The number of halogens is 1. The average molecular weight is 206 g/mol. The maximum Gasteiger partial charge on any atom is 0.315 e. The van der Waals surface area contributed by atoms with Gasteiger partial charge >= 0.3 is 5.97 Å². The van der Waals surface area contributed by atoms with Gasteiger partial charge in [0.15, 0.2) is 6.29 Å². The Morgan fingerprint density at radius 3 is 2.87 bits per heavy atom. The van der Waals surface area contributed by atoms with Crippen LogP contribution in [0.15, 0.2) is 18.2 Å². The van der Waals surface area contributed by atoms with E-state index in [0.29, 0.717) is 11.8 Å². The summed E-state index contributed by atoms with van der Waals surface area (Å²) in [5, 5.41) is 8.32. The van der Waals surface area contributed by atoms with Gasteiger partial charge in [0.2, 0.25) is 0 Å². The molecule has 0 aliphatic rings. The molecule has 0 amide bonds. The molecule has 0 heterocycles. The average Bonchev–Trinajstić information content (AvgIpc) is 2.20. The van der Waals surface area contributed by atoms with Crippen molar-refractivity contribution in [3.05, 3.63) is 35.1 Å². The van der Waals surface area contributed by atoms with Crippen molar-refractivity contribution < 1.29 is 19.1 Å². The summed E-state index contributed by atoms with van der Waals surface area (Å²) in [6.07, 6.45) is 0.103. The van der Waals surface area contributed by atoms with Crippen molar-refractivity contribution in [2.75, 3.05) is 0 Å². The van der Waals surface area contributed by atoms with Crippen molar-refractivity contribution in [3.8, 4) is 11.8 Å². The fraction of sp³-hybridized carbons (Fsp3) is 0.0909. The zero-order chi connectivity index (χ0) is 11.3. The zero-order valence-corrected chi connectivity index (χ0v) is 7.66. The van der Waals surface area contributed by atoms with Crippen LogP contribution in [0, 0.1) is 17.7 Å². The van der Waals surface area contributed by atoms with Crippen molar-refractivity contribution in [1.29, 1.82) is 0 Å². The van der Waals surface area contributed by atoms with Gasteiger partial charge in [0.25, 0.3) is 0 Å². The number of aliphatic carboxylic acids is 1. The van der Waals surface area contributed by atoms with Gasteiger partial charge in [-0.2, -0.15) is 0 Å². The zero-order valence-electron chi connectivity index (χ0n) is 7.66. The summed E-state index contributed by atoms with van der Waals surface area (Å²) < 4.78 is 12.8. The van der Waals surface area contributed by atoms with E-state index < -0.39 is 11.8 Å². The number of carbonyl (C=O) groups is 2. The van der Waals surface area contributed by atoms with Crippen LogP contribution in [0.5, 0.6) is 0 Å². The van der Waals surface area contributed by atoms with E-state index in [1.165, 1.54) is 12.1 Å². The number of hydrogen-bond acceptors (Lipinski definition) is 2. The maximum absolute atomic E-state index is 12.8. The molecule has 3 nitrogen and oxygen atoms in total. The molecule has 0 aliphatic carbocycles. The van der Waals surface area contributed by atoms with Gasteiger partial charge in [-0.25, -0.2) is 4.39 Å². The Labute approximate surface area is 85.5 Å². The van der Waals surface area contributed by atoms with Crippen LogP contribution in [0.25, 0.3) is 0 Å². The van der Waals surface area contributed by atoms with E-state index in [0.717, 1.165) is 6.07 Å². The number of aldehydes is 1. The van der Waals surface area contributed by atoms with E-state index in [1.54, 1.807) is 0 Å². The van der Waals surface area contributed by atoms with Gasteiger partial charge in [-0.1, -0.05) is 11.8 Å². The molecule has 0 aliphatic heterocycles. The lowest BCUT2D eigenvalue weighted by molar-refractivity contribution is -0.135. The van der Waals surface area contributed by atoms with Crippen molar-refractivity contribution in [1.82, 2.24) is 0 Å². The van der Waals surface area contributed by atoms with Crippen molar-refractivity contribution >= 4 is 12.3 Å². The monoisotopic (exact) mass is 206 g/mol. The lowest BCUT2D eigenvalue weighted by Crippen LogP contribution is -1.91. The molecule has 1 N–H and O–H groups in total. The van der Waals surface area contributed by atoms with E-state index in [4.69, 9.17) is 5.11 Å². The number of benzene rings is 1. The van der Waals surface area contributed by atoms with Gasteiger partial charge in [0, 0.05) is 5.56 Å². The SMILES string of the molecule is O=Cc1cc(C#CCC(=O)O)ccc1F. The lowest BCUT2D eigenvalue weighted by Gasteiger charge is -1.94. The highest BCUT2D eigenvalue weighted by molar-refractivity contribution is 5.76. The summed E-state index contributed by atoms with van der Waals surface area (Å²) >= 11 is 0. The van der Waals surface area contributed by atoms with Crippen LogP contribution in [0.4, 0.5) is 4.39 Å². The van der Waals surface area contributed by atoms with Crippen LogP contribution in [0.3, 0.4) is 0 Å². The summed E-state index contributed by atoms with van der Waals surface area (Å²) in [7, 11) is 0. The largest absolute Gasteiger partial charge is 0.481 e. The molecule has 1 aromatic rings. The van der Waals surface area contributed by atoms with E-state index >= 15 is 0 Å². The highest BCUT2D eigenvalue weighted by Gasteiger charge is 2.00. The minimum absolute atomic E-state index is 0.0860. The molecule has 15 heavy (non-hydrogen) atoms. The number of carboxylic acids is 1. The number of carbonyl (C=O) groups excluding carboxylic acids is 1. The minimum Gasteiger partial charge on any atom is -0.481 e. The molecular formula is C11H7FO3. The summed E-state index contributed by atoms with van der Waals surface area (Å²) in [5.41, 5.74) is 0.330. The second-order valence-electron chi connectivity index (χ2n) is 2.73. The Morgan fingerprint density at radius 2 is 2.27 bits per heavy atom. The standard InChI is InChI=1S/C11H7FO3/c12-10-5-4-8(6-9(10)7-13)2-1-3-11(14)15/h4-7H,3H2,(H,14,15). The normalized spacial score (nSPS) is 8.87. The molecular weight excluding hydrogens is 199 g/mol. The third kappa shape index (κ3) is 3.24. The van der Waals surface area contributed by atoms with Gasteiger partial charge in [0.05, 0.1) is 5.56 Å². The first-order chi connectivity index (χ1) is 7.13. The van der Waals surface area contributed by atoms with Crippen molar-refractivity contribution in [3.63, 3.8) is 0 Å². The minimum atomic E-state index is -1.03. The molecule has 0 fully saturated rings. The topological polar surface area (TPSA) is 54.4 Å². The smallest absolute Gasteiger partial charge is 0.315 e. The molecule has 0 radical (unpaired) electrons. The Bertz CT molecular complexity index is 455. The Balaban J connectivity index is 2.90. The number of hydrogen-bond donors (Lipinski definition) is 1. The highest BCUT2D eigenvalue weighted by Crippen LogP contribution is 2.07. The second-order valence-corrected chi connectivity index (χ2v) is 2.73. The molecule has 0 saturated carbocycles. The van der Waals surface area contributed by atoms with E-state index in [2.05, 4.69) is 11.8 Å². The summed E-state index contributed by atoms with van der Waals surface area (Å²) in [5.74, 6) is 3.26. The molecule has 0 saturated heterocycles. The molecule has 0 spiro atoms. The molecule has 0 unspecified atom stereocenters. The molecule has 0 bridgehead atoms. The Kier molecular flexibility index (Phi) is 3.58. The van der Waals surface area contributed by atoms with Crippen LogP contribution < -0.4 is 0 Å². The van der Waals surface area contributed by atoms with Crippen LogP contribution >= 0.6 is 0 Å². The quantitative estimate of drug-likeness (QED) is 0.588. The predicted molar refractivity (Wildman–Crippen MR) is 50.9 cm³/mol. The predicted octanol–water partition coefficient (Wildman–Crippen LogP) is 1.46. The second kappa shape index (κ2) is 4.91. The summed E-state index contributed by atoms with van der Waals surface area (Å²) in [4.78, 5) is 20.5. The van der Waals surface area contributed by atoms with Gasteiger partial charge in [0.1, 0.15) is 12.2 Å². The highest BCUT2D eigenvalue weighted by atomic mass is 19.1.